The smallest absolute Gasteiger partial charge is 0.168 e. The molecule has 1 heterocycles. The number of benzene rings is 1. The Labute approximate surface area is 115 Å². The van der Waals surface area contributed by atoms with E-state index in [1.165, 1.54) is 31.6 Å². The van der Waals surface area contributed by atoms with Gasteiger partial charge in [-0.05, 0) is 23.8 Å². The van der Waals surface area contributed by atoms with Gasteiger partial charge in [0.05, 0.1) is 12.1 Å². The molecule has 2 aromatic rings. The fourth-order valence-electron chi connectivity index (χ4n) is 1.70. The van der Waals surface area contributed by atoms with Crippen LogP contribution in [0.4, 0.5) is 4.39 Å². The number of methoxy groups -OCH3 is 1. The van der Waals surface area contributed by atoms with Crippen LogP contribution in [0.1, 0.15) is 15.9 Å². The lowest BCUT2D eigenvalue weighted by atomic mass is 10.0. The summed E-state index contributed by atoms with van der Waals surface area (Å²) in [4.78, 5) is 15.8. The van der Waals surface area contributed by atoms with E-state index in [0.29, 0.717) is 16.1 Å². The molecule has 0 amide bonds. The molecule has 0 aliphatic heterocycles. The molecule has 98 valence electrons. The van der Waals surface area contributed by atoms with Gasteiger partial charge in [0, 0.05) is 24.4 Å². The Morgan fingerprint density at radius 1 is 1.42 bits per heavy atom. The van der Waals surface area contributed by atoms with Gasteiger partial charge in [-0.2, -0.15) is 0 Å². The highest BCUT2D eigenvalue weighted by atomic mass is 35.5. The van der Waals surface area contributed by atoms with Crippen LogP contribution in [0.5, 0.6) is 5.75 Å². The lowest BCUT2D eigenvalue weighted by Crippen LogP contribution is -2.05. The minimum Gasteiger partial charge on any atom is -0.494 e. The third kappa shape index (κ3) is 3.09. The van der Waals surface area contributed by atoms with Crippen molar-refractivity contribution in [2.45, 2.75) is 6.42 Å². The highest BCUT2D eigenvalue weighted by molar-refractivity contribution is 6.33. The monoisotopic (exact) mass is 279 g/mol. The summed E-state index contributed by atoms with van der Waals surface area (Å²) in [6, 6.07) is 5.97. The van der Waals surface area contributed by atoms with Gasteiger partial charge < -0.3 is 4.74 Å². The number of aromatic nitrogens is 1. The van der Waals surface area contributed by atoms with E-state index in [0.717, 1.165) is 0 Å². The number of ether oxygens (including phenoxy) is 1. The number of ketones is 1. The molecule has 0 aliphatic rings. The van der Waals surface area contributed by atoms with E-state index in [1.54, 1.807) is 12.1 Å². The number of carbonyl (C=O) groups is 1. The van der Waals surface area contributed by atoms with Crippen molar-refractivity contribution in [2.75, 3.05) is 7.11 Å². The molecule has 0 bridgehead atoms. The second-order valence-electron chi connectivity index (χ2n) is 3.92. The minimum atomic E-state index is -0.492. The van der Waals surface area contributed by atoms with Crippen molar-refractivity contribution in [3.05, 3.63) is 58.6 Å². The standard InChI is InChI=1S/C14H11ClFNO2/c1-19-14-3-2-9(6-12(14)16)7-13(18)10-4-5-17-8-11(10)15/h2-6,8H,7H2,1H3. The van der Waals surface area contributed by atoms with Crippen LogP contribution in [-0.2, 0) is 6.42 Å². The number of nitrogens with zero attached hydrogens (tertiary/aromatic N) is 1. The second kappa shape index (κ2) is 5.80. The number of hydrogen-bond donors (Lipinski definition) is 0. The van der Waals surface area contributed by atoms with Crippen LogP contribution < -0.4 is 4.74 Å². The zero-order chi connectivity index (χ0) is 13.8. The van der Waals surface area contributed by atoms with E-state index < -0.39 is 5.82 Å². The summed E-state index contributed by atoms with van der Waals surface area (Å²) in [5, 5.41) is 0.293. The third-order valence-electron chi connectivity index (χ3n) is 2.65. The molecule has 3 nitrogen and oxygen atoms in total. The summed E-state index contributed by atoms with van der Waals surface area (Å²) < 4.78 is 18.3. The molecule has 0 saturated carbocycles. The second-order valence-corrected chi connectivity index (χ2v) is 4.33. The number of Topliss-reactive ketones (excluding diaryl/α,β-unsaturated/α-hetero) is 1. The average Bonchev–Trinajstić information content (AvgIpc) is 2.39. The number of pyridine rings is 1. The zero-order valence-electron chi connectivity index (χ0n) is 10.2. The molecule has 0 unspecified atom stereocenters. The van der Waals surface area contributed by atoms with Crippen molar-refractivity contribution in [3.8, 4) is 5.75 Å². The maximum atomic E-state index is 13.5. The first kappa shape index (κ1) is 13.5. The minimum absolute atomic E-state index is 0.0741. The van der Waals surface area contributed by atoms with Crippen molar-refractivity contribution < 1.29 is 13.9 Å². The number of rotatable bonds is 4. The molecule has 0 spiro atoms. The Balaban J connectivity index is 2.20. The van der Waals surface area contributed by atoms with Gasteiger partial charge >= 0.3 is 0 Å². The maximum absolute atomic E-state index is 13.5. The predicted octanol–water partition coefficient (Wildman–Crippen LogP) is 3.31. The molecule has 2 rings (SSSR count). The third-order valence-corrected chi connectivity index (χ3v) is 2.95. The van der Waals surface area contributed by atoms with Crippen molar-refractivity contribution in [2.24, 2.45) is 0 Å². The Hall–Kier alpha value is -1.94. The predicted molar refractivity (Wildman–Crippen MR) is 70.2 cm³/mol. The first-order valence-corrected chi connectivity index (χ1v) is 5.94. The van der Waals surface area contributed by atoms with Gasteiger partial charge in [0.25, 0.3) is 0 Å². The summed E-state index contributed by atoms with van der Waals surface area (Å²) >= 11 is 5.89. The summed E-state index contributed by atoms with van der Waals surface area (Å²) in [6.45, 7) is 0. The average molecular weight is 280 g/mol. The molecule has 0 saturated heterocycles. The van der Waals surface area contributed by atoms with E-state index in [4.69, 9.17) is 16.3 Å². The summed E-state index contributed by atoms with van der Waals surface area (Å²) in [5.41, 5.74) is 0.948. The van der Waals surface area contributed by atoms with Gasteiger partial charge in [0.2, 0.25) is 0 Å². The van der Waals surface area contributed by atoms with Crippen molar-refractivity contribution in [1.29, 1.82) is 0 Å². The molecular weight excluding hydrogens is 269 g/mol. The molecule has 19 heavy (non-hydrogen) atoms. The van der Waals surface area contributed by atoms with E-state index >= 15 is 0 Å². The van der Waals surface area contributed by atoms with Gasteiger partial charge in [-0.3, -0.25) is 9.78 Å². The molecule has 1 aromatic heterocycles. The Morgan fingerprint density at radius 3 is 2.84 bits per heavy atom. The Kier molecular flexibility index (Phi) is 4.12. The van der Waals surface area contributed by atoms with Crippen molar-refractivity contribution in [3.63, 3.8) is 0 Å². The van der Waals surface area contributed by atoms with Gasteiger partial charge in [-0.15, -0.1) is 0 Å². The fourth-order valence-corrected chi connectivity index (χ4v) is 1.93. The molecule has 0 atom stereocenters. The number of hydrogen-bond acceptors (Lipinski definition) is 3. The molecular formula is C14H11ClFNO2. The maximum Gasteiger partial charge on any atom is 0.168 e. The van der Waals surface area contributed by atoms with Crippen molar-refractivity contribution in [1.82, 2.24) is 4.98 Å². The first-order valence-electron chi connectivity index (χ1n) is 5.57. The Bertz CT molecular complexity index is 616. The topological polar surface area (TPSA) is 39.2 Å². The van der Waals surface area contributed by atoms with Crippen LogP contribution in [0.25, 0.3) is 0 Å². The van der Waals surface area contributed by atoms with Crippen LogP contribution in [0.15, 0.2) is 36.7 Å². The number of carbonyl (C=O) groups excluding carboxylic acids is 1. The van der Waals surface area contributed by atoms with Crippen molar-refractivity contribution >= 4 is 17.4 Å². The van der Waals surface area contributed by atoms with Crippen LogP contribution in [0, 0.1) is 5.82 Å². The van der Waals surface area contributed by atoms with Crippen LogP contribution in [0.3, 0.4) is 0 Å². The van der Waals surface area contributed by atoms with Gasteiger partial charge in [0.15, 0.2) is 17.3 Å². The summed E-state index contributed by atoms with van der Waals surface area (Å²) in [6.07, 6.45) is 2.97. The zero-order valence-corrected chi connectivity index (χ0v) is 10.9. The normalized spacial score (nSPS) is 10.3. The molecule has 5 heteroatoms. The molecule has 1 aromatic carbocycles. The largest absolute Gasteiger partial charge is 0.494 e. The first-order chi connectivity index (χ1) is 9.11. The summed E-state index contributed by atoms with van der Waals surface area (Å²) in [7, 11) is 1.39. The molecule has 0 aliphatic carbocycles. The highest BCUT2D eigenvalue weighted by Gasteiger charge is 2.12. The molecule has 0 N–H and O–H groups in total. The molecule has 0 radical (unpaired) electrons. The fraction of sp³-hybridized carbons (Fsp3) is 0.143. The summed E-state index contributed by atoms with van der Waals surface area (Å²) in [5.74, 6) is -0.524. The van der Waals surface area contributed by atoms with Crippen LogP contribution in [0.2, 0.25) is 5.02 Å². The van der Waals surface area contributed by atoms with E-state index in [2.05, 4.69) is 4.98 Å². The van der Waals surface area contributed by atoms with Gasteiger partial charge in [-0.25, -0.2) is 4.39 Å². The van der Waals surface area contributed by atoms with E-state index in [1.807, 2.05) is 0 Å². The van der Waals surface area contributed by atoms with Crippen LogP contribution >= 0.6 is 11.6 Å². The van der Waals surface area contributed by atoms with E-state index in [9.17, 15) is 9.18 Å². The molecule has 0 fully saturated rings. The SMILES string of the molecule is COc1ccc(CC(=O)c2ccncc2Cl)cc1F. The quantitative estimate of drug-likeness (QED) is 0.806. The lowest BCUT2D eigenvalue weighted by molar-refractivity contribution is 0.0993. The number of halogens is 2. The van der Waals surface area contributed by atoms with Gasteiger partial charge in [0.1, 0.15) is 0 Å². The highest BCUT2D eigenvalue weighted by Crippen LogP contribution is 2.20. The van der Waals surface area contributed by atoms with E-state index in [-0.39, 0.29) is 18.0 Å². The Morgan fingerprint density at radius 2 is 2.21 bits per heavy atom. The lowest BCUT2D eigenvalue weighted by Gasteiger charge is -2.06. The van der Waals surface area contributed by atoms with Crippen LogP contribution in [-0.4, -0.2) is 17.9 Å². The van der Waals surface area contributed by atoms with Gasteiger partial charge in [-0.1, -0.05) is 17.7 Å².